The second-order valence-corrected chi connectivity index (χ2v) is 1.58. The Balaban J connectivity index is 2.98. The molecule has 0 rings (SSSR count). The zero-order chi connectivity index (χ0) is 5.70. The molecule has 1 N–H and O–H groups in total. The van der Waals surface area contributed by atoms with Gasteiger partial charge in [-0.25, -0.2) is 0 Å². The van der Waals surface area contributed by atoms with Crippen LogP contribution < -0.4 is 5.32 Å². The fourth-order valence-corrected chi connectivity index (χ4v) is 0.405. The van der Waals surface area contributed by atoms with Crippen LogP contribution in [0.25, 0.3) is 0 Å². The normalized spacial score (nSPS) is 13.4. The Morgan fingerprint density at radius 3 is 2.57 bits per heavy atom. The van der Waals surface area contributed by atoms with Crippen molar-refractivity contribution in [3.8, 4) is 0 Å². The Labute approximate surface area is 45.4 Å². The third-order valence-electron chi connectivity index (χ3n) is 0.880. The first-order chi connectivity index (χ1) is 3.31. The van der Waals surface area contributed by atoms with E-state index in [-0.39, 0.29) is 0 Å². The van der Waals surface area contributed by atoms with E-state index >= 15 is 0 Å². The lowest BCUT2D eigenvalue weighted by atomic mass is 10.3. The summed E-state index contributed by atoms with van der Waals surface area (Å²) in [7, 11) is 0. The fraction of sp³-hybridized carbons (Fsp3) is 0.667. The van der Waals surface area contributed by atoms with Crippen LogP contribution in [-0.4, -0.2) is 12.6 Å². The summed E-state index contributed by atoms with van der Waals surface area (Å²) in [6, 6.07) is 0.463. The van der Waals surface area contributed by atoms with E-state index in [9.17, 15) is 0 Å². The summed E-state index contributed by atoms with van der Waals surface area (Å²) < 4.78 is 0. The molecule has 0 aromatic carbocycles. The predicted octanol–water partition coefficient (Wildman–Crippen LogP) is 1.17. The minimum absolute atomic E-state index is 0.463. The molecule has 0 radical (unpaired) electrons. The van der Waals surface area contributed by atoms with E-state index in [1.165, 1.54) is 0 Å². The van der Waals surface area contributed by atoms with Crippen LogP contribution in [0.1, 0.15) is 13.8 Å². The van der Waals surface area contributed by atoms with Gasteiger partial charge in [-0.15, -0.1) is 6.58 Å². The predicted molar refractivity (Wildman–Crippen MR) is 33.3 cm³/mol. The molecule has 1 unspecified atom stereocenters. The second-order valence-electron chi connectivity index (χ2n) is 1.58. The molecule has 1 heteroatoms. The lowest BCUT2D eigenvalue weighted by molar-refractivity contribution is 0.662. The highest BCUT2D eigenvalue weighted by Gasteiger charge is 1.86. The van der Waals surface area contributed by atoms with E-state index in [0.717, 1.165) is 6.54 Å². The van der Waals surface area contributed by atoms with E-state index in [0.29, 0.717) is 6.04 Å². The first-order valence-electron chi connectivity index (χ1n) is 2.67. The second kappa shape index (κ2) is 3.88. The molecule has 0 aliphatic rings. The van der Waals surface area contributed by atoms with Crippen LogP contribution >= 0.6 is 0 Å². The highest BCUT2D eigenvalue weighted by atomic mass is 14.9. The minimum Gasteiger partial charge on any atom is -0.311 e. The molecule has 0 saturated carbocycles. The SMILES string of the molecule is C=CC(C)NCC. The smallest absolute Gasteiger partial charge is 0.0218 e. The van der Waals surface area contributed by atoms with E-state index in [4.69, 9.17) is 0 Å². The summed E-state index contributed by atoms with van der Waals surface area (Å²) in [5.41, 5.74) is 0. The maximum absolute atomic E-state index is 3.62. The van der Waals surface area contributed by atoms with Gasteiger partial charge in [-0.1, -0.05) is 13.0 Å². The van der Waals surface area contributed by atoms with Gasteiger partial charge in [0.2, 0.25) is 0 Å². The highest BCUT2D eigenvalue weighted by Crippen LogP contribution is 1.77. The molecule has 0 aliphatic heterocycles. The van der Waals surface area contributed by atoms with Crippen LogP contribution in [0.2, 0.25) is 0 Å². The maximum atomic E-state index is 3.62. The molecular weight excluding hydrogens is 86.1 g/mol. The van der Waals surface area contributed by atoms with Crippen LogP contribution in [-0.2, 0) is 0 Å². The number of hydrogen-bond donors (Lipinski definition) is 1. The van der Waals surface area contributed by atoms with E-state index < -0.39 is 0 Å². The van der Waals surface area contributed by atoms with E-state index in [2.05, 4.69) is 25.7 Å². The van der Waals surface area contributed by atoms with Crippen molar-refractivity contribution >= 4 is 0 Å². The molecule has 0 spiro atoms. The first kappa shape index (κ1) is 6.70. The van der Waals surface area contributed by atoms with Crippen molar-refractivity contribution in [1.29, 1.82) is 0 Å². The summed E-state index contributed by atoms with van der Waals surface area (Å²) in [5.74, 6) is 0. The Bertz CT molecular complexity index is 50.1. The average Bonchev–Trinajstić information content (AvgIpc) is 1.68. The molecule has 0 amide bonds. The van der Waals surface area contributed by atoms with Gasteiger partial charge in [-0.2, -0.15) is 0 Å². The lowest BCUT2D eigenvalue weighted by Gasteiger charge is -2.02. The molecule has 0 aromatic rings. The van der Waals surface area contributed by atoms with Gasteiger partial charge in [0.05, 0.1) is 0 Å². The third kappa shape index (κ3) is 3.53. The highest BCUT2D eigenvalue weighted by molar-refractivity contribution is 4.80. The third-order valence-corrected chi connectivity index (χ3v) is 0.880. The first-order valence-corrected chi connectivity index (χ1v) is 2.67. The molecule has 0 aromatic heterocycles. The minimum atomic E-state index is 0.463. The molecule has 0 heterocycles. The Hall–Kier alpha value is -0.300. The van der Waals surface area contributed by atoms with Crippen LogP contribution in [0.3, 0.4) is 0 Å². The number of nitrogens with one attached hydrogen (secondary N) is 1. The number of likely N-dealkylation sites (N-methyl/N-ethyl adjacent to an activating group) is 1. The van der Waals surface area contributed by atoms with E-state index in [1.54, 1.807) is 0 Å². The van der Waals surface area contributed by atoms with Gasteiger partial charge in [0.1, 0.15) is 0 Å². The van der Waals surface area contributed by atoms with Crippen molar-refractivity contribution in [2.45, 2.75) is 19.9 Å². The molecule has 1 atom stereocenters. The standard InChI is InChI=1S/C6H13N/c1-4-6(3)7-5-2/h4,6-7H,1,5H2,2-3H3. The van der Waals surface area contributed by atoms with Gasteiger partial charge < -0.3 is 5.32 Å². The van der Waals surface area contributed by atoms with Crippen LogP contribution in [0, 0.1) is 0 Å². The average molecular weight is 99.2 g/mol. The number of rotatable bonds is 3. The van der Waals surface area contributed by atoms with E-state index in [1.807, 2.05) is 6.08 Å². The summed E-state index contributed by atoms with van der Waals surface area (Å²) in [5, 5.41) is 3.18. The molecule has 0 saturated heterocycles. The van der Waals surface area contributed by atoms with Gasteiger partial charge in [-0.3, -0.25) is 0 Å². The summed E-state index contributed by atoms with van der Waals surface area (Å²) in [4.78, 5) is 0. The molecule has 1 nitrogen and oxygen atoms in total. The Morgan fingerprint density at radius 2 is 2.43 bits per heavy atom. The molecule has 0 bridgehead atoms. The van der Waals surface area contributed by atoms with Gasteiger partial charge in [0.25, 0.3) is 0 Å². The van der Waals surface area contributed by atoms with Crippen molar-refractivity contribution in [3.63, 3.8) is 0 Å². The fourth-order valence-electron chi connectivity index (χ4n) is 0.405. The largest absolute Gasteiger partial charge is 0.311 e. The van der Waals surface area contributed by atoms with Gasteiger partial charge >= 0.3 is 0 Å². The summed E-state index contributed by atoms with van der Waals surface area (Å²) in [6.45, 7) is 8.80. The quantitative estimate of drug-likeness (QED) is 0.524. The maximum Gasteiger partial charge on any atom is 0.0218 e. The van der Waals surface area contributed by atoms with Crippen LogP contribution in [0.4, 0.5) is 0 Å². The Kier molecular flexibility index (Phi) is 3.71. The molecule has 0 aliphatic carbocycles. The van der Waals surface area contributed by atoms with Gasteiger partial charge in [0.15, 0.2) is 0 Å². The molecular formula is C6H13N. The van der Waals surface area contributed by atoms with Crippen LogP contribution in [0.5, 0.6) is 0 Å². The summed E-state index contributed by atoms with van der Waals surface area (Å²) in [6.07, 6.45) is 1.89. The van der Waals surface area contributed by atoms with Crippen molar-refractivity contribution in [2.75, 3.05) is 6.54 Å². The number of hydrogen-bond acceptors (Lipinski definition) is 1. The zero-order valence-corrected chi connectivity index (χ0v) is 5.07. The lowest BCUT2D eigenvalue weighted by Crippen LogP contribution is -2.22. The monoisotopic (exact) mass is 99.1 g/mol. The summed E-state index contributed by atoms with van der Waals surface area (Å²) >= 11 is 0. The van der Waals surface area contributed by atoms with Crippen molar-refractivity contribution in [3.05, 3.63) is 12.7 Å². The molecule has 42 valence electrons. The molecule has 0 fully saturated rings. The Morgan fingerprint density at radius 1 is 1.86 bits per heavy atom. The van der Waals surface area contributed by atoms with Gasteiger partial charge in [-0.05, 0) is 13.5 Å². The van der Waals surface area contributed by atoms with Crippen molar-refractivity contribution < 1.29 is 0 Å². The van der Waals surface area contributed by atoms with Crippen molar-refractivity contribution in [2.24, 2.45) is 0 Å². The van der Waals surface area contributed by atoms with Crippen molar-refractivity contribution in [1.82, 2.24) is 5.32 Å². The molecule has 7 heavy (non-hydrogen) atoms. The topological polar surface area (TPSA) is 12.0 Å². The van der Waals surface area contributed by atoms with Crippen LogP contribution in [0.15, 0.2) is 12.7 Å². The van der Waals surface area contributed by atoms with Gasteiger partial charge in [0, 0.05) is 6.04 Å². The zero-order valence-electron chi connectivity index (χ0n) is 5.07.